The van der Waals surface area contributed by atoms with Gasteiger partial charge < -0.3 is 21.7 Å². The predicted molar refractivity (Wildman–Crippen MR) is 66.4 cm³/mol. The largest absolute Gasteiger partial charge is 0.362 e. The Bertz CT molecular complexity index is 440. The molecule has 6 heteroatoms. The number of hydrogen-bond donors (Lipinski definition) is 4. The molecule has 0 aromatic heterocycles. The number of benzene rings is 1. The van der Waals surface area contributed by atoms with Crippen LogP contribution in [-0.2, 0) is 0 Å². The zero-order valence-corrected chi connectivity index (χ0v) is 9.89. The van der Waals surface area contributed by atoms with Crippen molar-refractivity contribution in [3.63, 3.8) is 0 Å². The standard InChI is InChI=1S/C12H16F2N4/c13-7-5-9-10(6-8(7)14)18-11(17-9)12(15)1-3-16-4-2-12/h5-6,11,16-18H,1-4,15H2. The highest BCUT2D eigenvalue weighted by Crippen LogP contribution is 2.35. The van der Waals surface area contributed by atoms with Crippen LogP contribution < -0.4 is 21.7 Å². The Balaban J connectivity index is 1.84. The summed E-state index contributed by atoms with van der Waals surface area (Å²) in [5.74, 6) is -1.69. The lowest BCUT2D eigenvalue weighted by Crippen LogP contribution is -2.60. The van der Waals surface area contributed by atoms with E-state index in [2.05, 4.69) is 16.0 Å². The average Bonchev–Trinajstić information content (AvgIpc) is 2.74. The van der Waals surface area contributed by atoms with Crippen LogP contribution in [0.1, 0.15) is 12.8 Å². The molecule has 1 aromatic rings. The number of nitrogens with two attached hydrogens (primary N) is 1. The summed E-state index contributed by atoms with van der Waals surface area (Å²) in [4.78, 5) is 0. The van der Waals surface area contributed by atoms with Crippen LogP contribution in [0.3, 0.4) is 0 Å². The fourth-order valence-corrected chi connectivity index (χ4v) is 2.60. The molecule has 0 radical (unpaired) electrons. The second-order valence-electron chi connectivity index (χ2n) is 5.02. The van der Waals surface area contributed by atoms with E-state index in [9.17, 15) is 8.78 Å². The smallest absolute Gasteiger partial charge is 0.161 e. The first-order valence-corrected chi connectivity index (χ1v) is 6.10. The van der Waals surface area contributed by atoms with Gasteiger partial charge in [-0.15, -0.1) is 0 Å². The quantitative estimate of drug-likeness (QED) is 0.608. The van der Waals surface area contributed by atoms with Crippen LogP contribution in [0.5, 0.6) is 0 Å². The van der Waals surface area contributed by atoms with E-state index in [4.69, 9.17) is 5.73 Å². The molecule has 0 atom stereocenters. The van der Waals surface area contributed by atoms with E-state index in [0.29, 0.717) is 11.4 Å². The molecule has 0 spiro atoms. The van der Waals surface area contributed by atoms with E-state index in [1.807, 2.05) is 0 Å². The summed E-state index contributed by atoms with van der Waals surface area (Å²) in [6.07, 6.45) is 1.45. The Hall–Kier alpha value is -1.40. The van der Waals surface area contributed by atoms with E-state index in [-0.39, 0.29) is 6.17 Å². The summed E-state index contributed by atoms with van der Waals surface area (Å²) in [5, 5.41) is 9.53. The summed E-state index contributed by atoms with van der Waals surface area (Å²) in [7, 11) is 0. The minimum atomic E-state index is -0.847. The Morgan fingerprint density at radius 1 is 1.06 bits per heavy atom. The first-order chi connectivity index (χ1) is 8.58. The number of fused-ring (bicyclic) bond motifs is 1. The third-order valence-electron chi connectivity index (χ3n) is 3.77. The van der Waals surface area contributed by atoms with E-state index in [1.54, 1.807) is 0 Å². The van der Waals surface area contributed by atoms with Crippen LogP contribution in [0.4, 0.5) is 20.2 Å². The molecule has 1 saturated heterocycles. The van der Waals surface area contributed by atoms with Gasteiger partial charge in [0, 0.05) is 12.1 Å². The molecule has 4 nitrogen and oxygen atoms in total. The van der Waals surface area contributed by atoms with Crippen LogP contribution in [0, 0.1) is 11.6 Å². The highest BCUT2D eigenvalue weighted by molar-refractivity contribution is 5.75. The van der Waals surface area contributed by atoms with Gasteiger partial charge in [-0.05, 0) is 25.9 Å². The van der Waals surface area contributed by atoms with Crippen molar-refractivity contribution in [3.8, 4) is 0 Å². The molecular weight excluding hydrogens is 238 g/mol. The van der Waals surface area contributed by atoms with Crippen molar-refractivity contribution in [1.29, 1.82) is 0 Å². The Morgan fingerprint density at radius 2 is 1.56 bits per heavy atom. The summed E-state index contributed by atoms with van der Waals surface area (Å²) in [6.45, 7) is 1.71. The lowest BCUT2D eigenvalue weighted by molar-refractivity contribution is 0.288. The van der Waals surface area contributed by atoms with Crippen LogP contribution in [0.2, 0.25) is 0 Å². The molecule has 0 amide bonds. The first-order valence-electron chi connectivity index (χ1n) is 6.10. The molecule has 0 aliphatic carbocycles. The minimum absolute atomic E-state index is 0.184. The molecule has 18 heavy (non-hydrogen) atoms. The van der Waals surface area contributed by atoms with E-state index in [1.165, 1.54) is 12.1 Å². The highest BCUT2D eigenvalue weighted by atomic mass is 19.2. The second kappa shape index (κ2) is 4.07. The van der Waals surface area contributed by atoms with Gasteiger partial charge in [0.1, 0.15) is 6.17 Å². The molecular formula is C12H16F2N4. The van der Waals surface area contributed by atoms with Crippen LogP contribution in [-0.4, -0.2) is 24.8 Å². The van der Waals surface area contributed by atoms with Crippen LogP contribution in [0.25, 0.3) is 0 Å². The van der Waals surface area contributed by atoms with Crippen molar-refractivity contribution in [2.24, 2.45) is 5.73 Å². The normalized spacial score (nSPS) is 22.2. The fraction of sp³-hybridized carbons (Fsp3) is 0.500. The number of nitrogens with one attached hydrogen (secondary N) is 3. The third-order valence-corrected chi connectivity index (χ3v) is 3.77. The summed E-state index contributed by atoms with van der Waals surface area (Å²) in [6, 6.07) is 2.34. The van der Waals surface area contributed by atoms with Crippen LogP contribution >= 0.6 is 0 Å². The van der Waals surface area contributed by atoms with E-state index in [0.717, 1.165) is 25.9 Å². The molecule has 2 aliphatic heterocycles. The van der Waals surface area contributed by atoms with Gasteiger partial charge in [0.25, 0.3) is 0 Å². The monoisotopic (exact) mass is 254 g/mol. The summed E-state index contributed by atoms with van der Waals surface area (Å²) in [5.41, 5.74) is 7.10. The van der Waals surface area contributed by atoms with Crippen molar-refractivity contribution < 1.29 is 8.78 Å². The highest BCUT2D eigenvalue weighted by Gasteiger charge is 2.39. The molecule has 3 rings (SSSR count). The van der Waals surface area contributed by atoms with Gasteiger partial charge in [-0.25, -0.2) is 8.78 Å². The molecule has 0 bridgehead atoms. The lowest BCUT2D eigenvalue weighted by atomic mass is 9.86. The maximum Gasteiger partial charge on any atom is 0.161 e. The predicted octanol–water partition coefficient (Wildman–Crippen LogP) is 1.21. The molecule has 1 fully saturated rings. The molecule has 98 valence electrons. The zero-order chi connectivity index (χ0) is 12.8. The second-order valence-corrected chi connectivity index (χ2v) is 5.02. The Labute approximate surface area is 104 Å². The maximum atomic E-state index is 13.2. The summed E-state index contributed by atoms with van der Waals surface area (Å²) >= 11 is 0. The molecule has 2 aliphatic rings. The molecule has 0 saturated carbocycles. The number of anilines is 2. The van der Waals surface area contributed by atoms with Crippen molar-refractivity contribution in [3.05, 3.63) is 23.8 Å². The first kappa shape index (κ1) is 11.7. The van der Waals surface area contributed by atoms with E-state index < -0.39 is 17.2 Å². The Morgan fingerprint density at radius 3 is 2.06 bits per heavy atom. The van der Waals surface area contributed by atoms with E-state index >= 15 is 0 Å². The number of rotatable bonds is 1. The Kier molecular flexibility index (Phi) is 2.64. The van der Waals surface area contributed by atoms with Gasteiger partial charge in [0.05, 0.1) is 16.9 Å². The molecule has 1 aromatic carbocycles. The third kappa shape index (κ3) is 1.81. The van der Waals surface area contributed by atoms with Crippen molar-refractivity contribution >= 4 is 11.4 Å². The van der Waals surface area contributed by atoms with Crippen LogP contribution in [0.15, 0.2) is 12.1 Å². The van der Waals surface area contributed by atoms with Gasteiger partial charge in [-0.3, -0.25) is 0 Å². The zero-order valence-electron chi connectivity index (χ0n) is 9.89. The topological polar surface area (TPSA) is 62.1 Å². The van der Waals surface area contributed by atoms with Crippen molar-refractivity contribution in [2.75, 3.05) is 23.7 Å². The molecule has 0 unspecified atom stereocenters. The van der Waals surface area contributed by atoms with Gasteiger partial charge in [0.2, 0.25) is 0 Å². The molecule has 5 N–H and O–H groups in total. The summed E-state index contributed by atoms with van der Waals surface area (Å²) < 4.78 is 26.3. The number of halogens is 2. The fourth-order valence-electron chi connectivity index (χ4n) is 2.60. The van der Waals surface area contributed by atoms with Gasteiger partial charge >= 0.3 is 0 Å². The lowest BCUT2D eigenvalue weighted by Gasteiger charge is -2.39. The molecule has 2 heterocycles. The maximum absolute atomic E-state index is 13.2. The van der Waals surface area contributed by atoms with Crippen molar-refractivity contribution in [1.82, 2.24) is 5.32 Å². The van der Waals surface area contributed by atoms with Gasteiger partial charge in [-0.2, -0.15) is 0 Å². The van der Waals surface area contributed by atoms with Gasteiger partial charge in [0.15, 0.2) is 11.6 Å². The number of piperidine rings is 1. The SMILES string of the molecule is NC1(C2Nc3cc(F)c(F)cc3N2)CCNCC1. The minimum Gasteiger partial charge on any atom is -0.362 e. The number of hydrogen-bond acceptors (Lipinski definition) is 4. The average molecular weight is 254 g/mol. The van der Waals surface area contributed by atoms with Crippen molar-refractivity contribution in [2.45, 2.75) is 24.5 Å². The van der Waals surface area contributed by atoms with Gasteiger partial charge in [-0.1, -0.05) is 0 Å².